The Hall–Kier alpha value is -0.0800. The molecule has 0 bridgehead atoms. The highest BCUT2D eigenvalue weighted by atomic mass is 16.5. The van der Waals surface area contributed by atoms with E-state index in [1.54, 1.807) is 0 Å². The van der Waals surface area contributed by atoms with Crippen LogP contribution in [-0.4, -0.2) is 24.8 Å². The summed E-state index contributed by atoms with van der Waals surface area (Å²) < 4.78 is 6.09. The van der Waals surface area contributed by atoms with Crippen molar-refractivity contribution in [3.63, 3.8) is 0 Å². The fourth-order valence-corrected chi connectivity index (χ4v) is 3.93. The van der Waals surface area contributed by atoms with E-state index in [1.165, 1.54) is 38.5 Å². The third-order valence-electron chi connectivity index (χ3n) is 5.66. The van der Waals surface area contributed by atoms with Crippen molar-refractivity contribution >= 4 is 0 Å². The normalized spacial score (nSPS) is 36.9. The zero-order chi connectivity index (χ0) is 14.8. The molecule has 0 saturated heterocycles. The van der Waals surface area contributed by atoms with Gasteiger partial charge in [-0.05, 0) is 31.1 Å². The summed E-state index contributed by atoms with van der Waals surface area (Å²) in [7, 11) is 0. The zero-order valence-electron chi connectivity index (χ0n) is 14.2. The van der Waals surface area contributed by atoms with Crippen molar-refractivity contribution in [3.05, 3.63) is 0 Å². The van der Waals surface area contributed by atoms with Gasteiger partial charge in [-0.15, -0.1) is 0 Å². The van der Waals surface area contributed by atoms with E-state index in [4.69, 9.17) is 4.74 Å². The Morgan fingerprint density at radius 1 is 1.20 bits per heavy atom. The van der Waals surface area contributed by atoms with E-state index in [-0.39, 0.29) is 0 Å². The van der Waals surface area contributed by atoms with Gasteiger partial charge in [0.15, 0.2) is 0 Å². The molecule has 0 heterocycles. The van der Waals surface area contributed by atoms with Crippen LogP contribution in [0.15, 0.2) is 0 Å². The topological polar surface area (TPSA) is 21.3 Å². The summed E-state index contributed by atoms with van der Waals surface area (Å²) in [6, 6.07) is 1.40. The summed E-state index contributed by atoms with van der Waals surface area (Å²) in [5.74, 6) is 1.54. The van der Waals surface area contributed by atoms with Gasteiger partial charge in [0.25, 0.3) is 0 Å². The van der Waals surface area contributed by atoms with Crippen molar-refractivity contribution in [2.24, 2.45) is 17.3 Å². The lowest BCUT2D eigenvalue weighted by Gasteiger charge is -2.54. The van der Waals surface area contributed by atoms with Gasteiger partial charge in [0.05, 0.1) is 6.10 Å². The number of ether oxygens (including phenoxy) is 1. The van der Waals surface area contributed by atoms with Crippen molar-refractivity contribution in [1.29, 1.82) is 0 Å². The number of hydrogen-bond donors (Lipinski definition) is 1. The highest BCUT2D eigenvalue weighted by Crippen LogP contribution is 2.44. The van der Waals surface area contributed by atoms with Crippen LogP contribution in [0, 0.1) is 17.3 Å². The van der Waals surface area contributed by atoms with Crippen LogP contribution in [-0.2, 0) is 4.74 Å². The maximum atomic E-state index is 6.09. The second-order valence-electron chi connectivity index (χ2n) is 8.05. The Bertz CT molecular complexity index is 300. The van der Waals surface area contributed by atoms with E-state index in [0.29, 0.717) is 23.5 Å². The molecule has 1 N–H and O–H groups in total. The SMILES string of the molecule is CCC1CCCCC1NC1CC(OCC(C)C)C1(C)C. The van der Waals surface area contributed by atoms with Gasteiger partial charge in [-0.3, -0.25) is 0 Å². The molecule has 118 valence electrons. The van der Waals surface area contributed by atoms with Crippen molar-refractivity contribution in [2.45, 2.75) is 91.3 Å². The molecular weight excluding hydrogens is 246 g/mol. The standard InChI is InChI=1S/C18H35NO/c1-6-14-9-7-8-10-15(14)19-16-11-17(18(16,4)5)20-12-13(2)3/h13-17,19H,6-12H2,1-5H3. The molecule has 2 rings (SSSR count). The average Bonchev–Trinajstić information content (AvgIpc) is 2.42. The van der Waals surface area contributed by atoms with Gasteiger partial charge >= 0.3 is 0 Å². The molecule has 4 atom stereocenters. The highest BCUT2D eigenvalue weighted by molar-refractivity contribution is 5.04. The first-order chi connectivity index (χ1) is 9.45. The molecule has 4 unspecified atom stereocenters. The van der Waals surface area contributed by atoms with Crippen LogP contribution in [0.5, 0.6) is 0 Å². The minimum Gasteiger partial charge on any atom is -0.377 e. The molecule has 0 aliphatic heterocycles. The quantitative estimate of drug-likeness (QED) is 0.780. The molecule has 20 heavy (non-hydrogen) atoms. The lowest BCUT2D eigenvalue weighted by Crippen LogP contribution is -2.63. The van der Waals surface area contributed by atoms with Crippen molar-refractivity contribution in [2.75, 3.05) is 6.61 Å². The molecule has 2 heteroatoms. The molecule has 0 amide bonds. The minimum absolute atomic E-state index is 0.296. The monoisotopic (exact) mass is 281 g/mol. The fraction of sp³-hybridized carbons (Fsp3) is 1.00. The van der Waals surface area contributed by atoms with E-state index in [2.05, 4.69) is 39.9 Å². The Morgan fingerprint density at radius 3 is 2.50 bits per heavy atom. The summed E-state index contributed by atoms with van der Waals surface area (Å²) >= 11 is 0. The van der Waals surface area contributed by atoms with Gasteiger partial charge in [-0.2, -0.15) is 0 Å². The smallest absolute Gasteiger partial charge is 0.0656 e. The van der Waals surface area contributed by atoms with Crippen molar-refractivity contribution < 1.29 is 4.74 Å². The van der Waals surface area contributed by atoms with Gasteiger partial charge in [0, 0.05) is 24.1 Å². The van der Waals surface area contributed by atoms with Gasteiger partial charge in [0.1, 0.15) is 0 Å². The van der Waals surface area contributed by atoms with E-state index < -0.39 is 0 Å². The molecule has 2 aliphatic carbocycles. The predicted molar refractivity (Wildman–Crippen MR) is 85.9 cm³/mol. The minimum atomic E-state index is 0.296. The molecule has 2 fully saturated rings. The van der Waals surface area contributed by atoms with Crippen molar-refractivity contribution in [1.82, 2.24) is 5.32 Å². The number of rotatable bonds is 6. The predicted octanol–water partition coefficient (Wildman–Crippen LogP) is 4.38. The van der Waals surface area contributed by atoms with E-state index in [9.17, 15) is 0 Å². The highest BCUT2D eigenvalue weighted by Gasteiger charge is 2.49. The molecule has 0 aromatic heterocycles. The van der Waals surface area contributed by atoms with E-state index in [0.717, 1.165) is 18.6 Å². The maximum Gasteiger partial charge on any atom is 0.0656 e. The van der Waals surface area contributed by atoms with Crippen LogP contribution in [0.2, 0.25) is 0 Å². The summed E-state index contributed by atoms with van der Waals surface area (Å²) in [6.45, 7) is 12.5. The van der Waals surface area contributed by atoms with Crippen LogP contribution >= 0.6 is 0 Å². The summed E-state index contributed by atoms with van der Waals surface area (Å²) in [5, 5.41) is 3.98. The molecular formula is C18H35NO. The van der Waals surface area contributed by atoms with Crippen molar-refractivity contribution in [3.8, 4) is 0 Å². The van der Waals surface area contributed by atoms with Gasteiger partial charge in [-0.1, -0.05) is 53.9 Å². The third kappa shape index (κ3) is 3.57. The molecule has 2 aliphatic rings. The molecule has 0 aromatic carbocycles. The van der Waals surface area contributed by atoms with Crippen LogP contribution < -0.4 is 5.32 Å². The first-order valence-electron chi connectivity index (χ1n) is 8.82. The van der Waals surface area contributed by atoms with Crippen LogP contribution in [0.25, 0.3) is 0 Å². The zero-order valence-corrected chi connectivity index (χ0v) is 14.2. The Balaban J connectivity index is 1.82. The van der Waals surface area contributed by atoms with Gasteiger partial charge < -0.3 is 10.1 Å². The lowest BCUT2D eigenvalue weighted by atomic mass is 9.63. The third-order valence-corrected chi connectivity index (χ3v) is 5.66. The Morgan fingerprint density at radius 2 is 1.90 bits per heavy atom. The molecule has 0 spiro atoms. The summed E-state index contributed by atoms with van der Waals surface area (Å²) in [5.41, 5.74) is 0.296. The molecule has 2 nitrogen and oxygen atoms in total. The summed E-state index contributed by atoms with van der Waals surface area (Å²) in [6.07, 6.45) is 8.63. The fourth-order valence-electron chi connectivity index (χ4n) is 3.93. The molecule has 2 saturated carbocycles. The number of hydrogen-bond acceptors (Lipinski definition) is 2. The van der Waals surface area contributed by atoms with E-state index >= 15 is 0 Å². The first kappa shape index (κ1) is 16.3. The second kappa shape index (κ2) is 6.79. The summed E-state index contributed by atoms with van der Waals surface area (Å²) in [4.78, 5) is 0. The average molecular weight is 281 g/mol. The lowest BCUT2D eigenvalue weighted by molar-refractivity contribution is -0.127. The van der Waals surface area contributed by atoms with Crippen LogP contribution in [0.1, 0.15) is 73.1 Å². The Labute approximate surface area is 126 Å². The molecule has 0 aromatic rings. The second-order valence-corrected chi connectivity index (χ2v) is 8.05. The largest absolute Gasteiger partial charge is 0.377 e. The van der Waals surface area contributed by atoms with Gasteiger partial charge in [0.2, 0.25) is 0 Å². The van der Waals surface area contributed by atoms with Gasteiger partial charge in [-0.25, -0.2) is 0 Å². The molecule has 0 radical (unpaired) electrons. The number of nitrogens with one attached hydrogen (secondary N) is 1. The maximum absolute atomic E-state index is 6.09. The van der Waals surface area contributed by atoms with Crippen LogP contribution in [0.4, 0.5) is 0 Å². The van der Waals surface area contributed by atoms with E-state index in [1.807, 2.05) is 0 Å². The first-order valence-corrected chi connectivity index (χ1v) is 8.82. The Kier molecular flexibility index (Phi) is 5.53. The van der Waals surface area contributed by atoms with Crippen LogP contribution in [0.3, 0.4) is 0 Å².